The number of benzene rings is 1. The van der Waals surface area contributed by atoms with Crippen LogP contribution in [0.4, 0.5) is 0 Å². The van der Waals surface area contributed by atoms with Crippen molar-refractivity contribution in [2.45, 2.75) is 19.9 Å². The molecule has 0 saturated heterocycles. The number of carbonyl (C=O) groups excluding carboxylic acids is 1. The van der Waals surface area contributed by atoms with Gasteiger partial charge in [-0.3, -0.25) is 10.2 Å². The lowest BCUT2D eigenvalue weighted by Crippen LogP contribution is -2.41. The maximum Gasteiger partial charge on any atom is 0.265 e. The van der Waals surface area contributed by atoms with Gasteiger partial charge < -0.3 is 5.11 Å². The summed E-state index contributed by atoms with van der Waals surface area (Å²) in [5.41, 5.74) is 5.74. The molecule has 4 heteroatoms. The zero-order valence-corrected chi connectivity index (χ0v) is 8.24. The van der Waals surface area contributed by atoms with E-state index in [1.807, 2.05) is 13.8 Å². The smallest absolute Gasteiger partial charge is 0.265 e. The van der Waals surface area contributed by atoms with Crippen molar-refractivity contribution in [1.29, 1.82) is 0 Å². The second-order valence-electron chi connectivity index (χ2n) is 3.30. The molecule has 0 spiro atoms. The number of amides is 1. The number of hydrazine groups is 1. The van der Waals surface area contributed by atoms with Crippen molar-refractivity contribution in [2.24, 2.45) is 0 Å². The number of rotatable bonds is 3. The van der Waals surface area contributed by atoms with Gasteiger partial charge in [-0.05, 0) is 32.0 Å². The van der Waals surface area contributed by atoms with Crippen molar-refractivity contribution in [2.75, 3.05) is 0 Å². The maximum absolute atomic E-state index is 11.4. The molecule has 1 aromatic carbocycles. The number of hydrogen-bond donors (Lipinski definition) is 3. The summed E-state index contributed by atoms with van der Waals surface area (Å²) in [6.07, 6.45) is 0. The van der Waals surface area contributed by atoms with Crippen LogP contribution >= 0.6 is 0 Å². The summed E-state index contributed by atoms with van der Waals surface area (Å²) >= 11 is 0. The number of carbonyl (C=O) groups is 1. The van der Waals surface area contributed by atoms with Crippen LogP contribution in [-0.4, -0.2) is 17.1 Å². The van der Waals surface area contributed by atoms with Gasteiger partial charge in [-0.2, -0.15) is 0 Å². The van der Waals surface area contributed by atoms with Crippen molar-refractivity contribution < 1.29 is 9.90 Å². The Morgan fingerprint density at radius 2 is 2.14 bits per heavy atom. The average molecular weight is 194 g/mol. The molecule has 1 aromatic rings. The minimum Gasteiger partial charge on any atom is -0.508 e. The third-order valence-electron chi connectivity index (χ3n) is 1.58. The molecule has 1 rings (SSSR count). The van der Waals surface area contributed by atoms with Gasteiger partial charge in [-0.15, -0.1) is 0 Å². The summed E-state index contributed by atoms with van der Waals surface area (Å²) in [6, 6.07) is 6.37. The Balaban J connectivity index is 2.61. The van der Waals surface area contributed by atoms with E-state index >= 15 is 0 Å². The molecular formula is C10H14N2O2. The second-order valence-corrected chi connectivity index (χ2v) is 3.30. The molecule has 0 unspecified atom stereocenters. The van der Waals surface area contributed by atoms with Gasteiger partial charge >= 0.3 is 0 Å². The van der Waals surface area contributed by atoms with E-state index in [0.29, 0.717) is 5.56 Å². The summed E-state index contributed by atoms with van der Waals surface area (Å²) in [5, 5.41) is 9.14. The van der Waals surface area contributed by atoms with Crippen molar-refractivity contribution in [3.8, 4) is 5.75 Å². The summed E-state index contributed by atoms with van der Waals surface area (Å²) in [7, 11) is 0. The lowest BCUT2D eigenvalue weighted by Gasteiger charge is -2.09. The second kappa shape index (κ2) is 4.62. The van der Waals surface area contributed by atoms with Crippen LogP contribution in [0, 0.1) is 0 Å². The molecule has 14 heavy (non-hydrogen) atoms. The molecule has 1 amide bonds. The summed E-state index contributed by atoms with van der Waals surface area (Å²) < 4.78 is 0. The van der Waals surface area contributed by atoms with E-state index < -0.39 is 0 Å². The van der Waals surface area contributed by atoms with Crippen LogP contribution in [0.2, 0.25) is 0 Å². The molecule has 0 aromatic heterocycles. The number of nitrogens with one attached hydrogen (secondary N) is 2. The van der Waals surface area contributed by atoms with Crippen LogP contribution < -0.4 is 10.9 Å². The standard InChI is InChI=1S/C10H14N2O2/c1-7(2)11-12-10(14)8-4-3-5-9(13)6-8/h3-7,11,13H,1-2H3,(H,12,14). The fraction of sp³-hybridized carbons (Fsp3) is 0.300. The van der Waals surface area contributed by atoms with Crippen molar-refractivity contribution in [1.82, 2.24) is 10.9 Å². The zero-order chi connectivity index (χ0) is 10.6. The van der Waals surface area contributed by atoms with Crippen LogP contribution in [0.3, 0.4) is 0 Å². The van der Waals surface area contributed by atoms with Gasteiger partial charge in [0.25, 0.3) is 5.91 Å². The topological polar surface area (TPSA) is 61.4 Å². The van der Waals surface area contributed by atoms with E-state index in [9.17, 15) is 4.79 Å². The van der Waals surface area contributed by atoms with Crippen molar-refractivity contribution >= 4 is 5.91 Å². The molecule has 0 aliphatic carbocycles. The van der Waals surface area contributed by atoms with E-state index in [1.54, 1.807) is 12.1 Å². The van der Waals surface area contributed by atoms with E-state index in [-0.39, 0.29) is 17.7 Å². The minimum absolute atomic E-state index is 0.0854. The molecule has 0 fully saturated rings. The first-order chi connectivity index (χ1) is 6.59. The fourth-order valence-electron chi connectivity index (χ4n) is 0.929. The van der Waals surface area contributed by atoms with Crippen molar-refractivity contribution in [3.05, 3.63) is 29.8 Å². The van der Waals surface area contributed by atoms with Crippen molar-refractivity contribution in [3.63, 3.8) is 0 Å². The average Bonchev–Trinajstić information content (AvgIpc) is 2.14. The first-order valence-electron chi connectivity index (χ1n) is 4.44. The van der Waals surface area contributed by atoms with Gasteiger partial charge in [0.1, 0.15) is 5.75 Å². The molecule has 3 N–H and O–H groups in total. The third kappa shape index (κ3) is 3.06. The zero-order valence-electron chi connectivity index (χ0n) is 8.24. The number of aromatic hydroxyl groups is 1. The molecule has 0 atom stereocenters. The lowest BCUT2D eigenvalue weighted by molar-refractivity contribution is 0.0927. The van der Waals surface area contributed by atoms with Gasteiger partial charge in [0.05, 0.1) is 0 Å². The van der Waals surface area contributed by atoms with Gasteiger partial charge in [-0.1, -0.05) is 6.07 Å². The quantitative estimate of drug-likeness (QED) is 0.630. The Kier molecular flexibility index (Phi) is 3.48. The fourth-order valence-corrected chi connectivity index (χ4v) is 0.929. The third-order valence-corrected chi connectivity index (χ3v) is 1.58. The summed E-state index contributed by atoms with van der Waals surface area (Å²) in [5.74, 6) is -0.170. The van der Waals surface area contributed by atoms with E-state index in [4.69, 9.17) is 5.11 Å². The summed E-state index contributed by atoms with van der Waals surface area (Å²) in [4.78, 5) is 11.4. The summed E-state index contributed by atoms with van der Waals surface area (Å²) in [6.45, 7) is 3.84. The van der Waals surface area contributed by atoms with Crippen LogP contribution in [0.1, 0.15) is 24.2 Å². The predicted octanol–water partition coefficient (Wildman–Crippen LogP) is 1.03. The Hall–Kier alpha value is -1.55. The Morgan fingerprint density at radius 1 is 1.43 bits per heavy atom. The highest BCUT2D eigenvalue weighted by atomic mass is 16.3. The highest BCUT2D eigenvalue weighted by molar-refractivity contribution is 5.94. The van der Waals surface area contributed by atoms with Gasteiger partial charge in [0.15, 0.2) is 0 Å². The first kappa shape index (κ1) is 10.5. The van der Waals surface area contributed by atoms with E-state index in [2.05, 4.69) is 10.9 Å². The highest BCUT2D eigenvalue weighted by Gasteiger charge is 2.05. The molecule has 0 aliphatic rings. The van der Waals surface area contributed by atoms with Gasteiger partial charge in [0, 0.05) is 11.6 Å². The molecule has 4 nitrogen and oxygen atoms in total. The molecule has 0 bridgehead atoms. The molecule has 0 radical (unpaired) electrons. The molecule has 0 aliphatic heterocycles. The molecule has 76 valence electrons. The van der Waals surface area contributed by atoms with Crippen LogP contribution in [0.15, 0.2) is 24.3 Å². The predicted molar refractivity (Wildman–Crippen MR) is 53.8 cm³/mol. The van der Waals surface area contributed by atoms with Gasteiger partial charge in [-0.25, -0.2) is 5.43 Å². The molecule has 0 heterocycles. The number of phenolic OH excluding ortho intramolecular Hbond substituents is 1. The van der Waals surface area contributed by atoms with E-state index in [1.165, 1.54) is 12.1 Å². The van der Waals surface area contributed by atoms with Gasteiger partial charge in [0.2, 0.25) is 0 Å². The van der Waals surface area contributed by atoms with Crippen LogP contribution in [0.25, 0.3) is 0 Å². The van der Waals surface area contributed by atoms with Crippen LogP contribution in [-0.2, 0) is 0 Å². The Bertz CT molecular complexity index is 324. The Labute approximate surface area is 82.9 Å². The number of hydrogen-bond acceptors (Lipinski definition) is 3. The monoisotopic (exact) mass is 194 g/mol. The number of phenols is 1. The van der Waals surface area contributed by atoms with Crippen LogP contribution in [0.5, 0.6) is 5.75 Å². The Morgan fingerprint density at radius 3 is 2.71 bits per heavy atom. The lowest BCUT2D eigenvalue weighted by atomic mass is 10.2. The highest BCUT2D eigenvalue weighted by Crippen LogP contribution is 2.10. The minimum atomic E-state index is -0.255. The molecular weight excluding hydrogens is 180 g/mol. The maximum atomic E-state index is 11.4. The molecule has 0 saturated carbocycles. The first-order valence-corrected chi connectivity index (χ1v) is 4.44. The normalized spacial score (nSPS) is 10.2. The largest absolute Gasteiger partial charge is 0.508 e. The SMILES string of the molecule is CC(C)NNC(=O)c1cccc(O)c1. The van der Waals surface area contributed by atoms with E-state index in [0.717, 1.165) is 0 Å².